The van der Waals surface area contributed by atoms with Crippen molar-refractivity contribution in [2.24, 2.45) is 0 Å². The van der Waals surface area contributed by atoms with E-state index in [1.165, 1.54) is 30.3 Å². The predicted octanol–water partition coefficient (Wildman–Crippen LogP) is 3.99. The van der Waals surface area contributed by atoms with Crippen LogP contribution in [-0.2, 0) is 25.7 Å². The molecule has 3 atom stereocenters. The Labute approximate surface area is 173 Å². The first kappa shape index (κ1) is 21.3. The van der Waals surface area contributed by atoms with Crippen LogP contribution in [0.4, 0.5) is 13.2 Å². The van der Waals surface area contributed by atoms with E-state index in [0.717, 1.165) is 18.6 Å². The summed E-state index contributed by atoms with van der Waals surface area (Å²) in [7, 11) is -3.75. The second kappa shape index (κ2) is 8.30. The first-order valence-corrected chi connectivity index (χ1v) is 11.2. The molecule has 1 aliphatic carbocycles. The Morgan fingerprint density at radius 2 is 1.60 bits per heavy atom. The van der Waals surface area contributed by atoms with Crippen molar-refractivity contribution in [1.29, 1.82) is 0 Å². The van der Waals surface area contributed by atoms with Crippen molar-refractivity contribution < 1.29 is 31.1 Å². The van der Waals surface area contributed by atoms with E-state index in [1.807, 2.05) is 0 Å². The van der Waals surface area contributed by atoms with E-state index in [0.29, 0.717) is 37.2 Å². The maximum Gasteiger partial charge on any atom is 0.416 e. The Morgan fingerprint density at radius 1 is 0.900 bits per heavy atom. The number of halogens is 3. The quantitative estimate of drug-likeness (QED) is 0.780. The standard InChI is InChI=1S/C21H22F3NO4S/c22-21(23,24)16-3-1-2-15(12-16)14-4-7-18(8-5-14)30(26,27)25-17-6-9-19-20(13-17)29-11-10-28-19/h1-5,7-8,12,17,19-20,25H,6,9-11,13H2/t17-,19-,20-/m1/s1. The molecule has 1 saturated carbocycles. The summed E-state index contributed by atoms with van der Waals surface area (Å²) in [6, 6.07) is 10.5. The zero-order valence-electron chi connectivity index (χ0n) is 16.1. The lowest BCUT2D eigenvalue weighted by atomic mass is 9.90. The molecule has 2 fully saturated rings. The van der Waals surface area contributed by atoms with Crippen molar-refractivity contribution >= 4 is 10.0 Å². The molecule has 0 aromatic heterocycles. The maximum atomic E-state index is 12.9. The fourth-order valence-corrected chi connectivity index (χ4v) is 5.25. The van der Waals surface area contributed by atoms with E-state index in [-0.39, 0.29) is 23.1 Å². The highest BCUT2D eigenvalue weighted by molar-refractivity contribution is 7.89. The molecule has 0 unspecified atom stereocenters. The zero-order valence-corrected chi connectivity index (χ0v) is 16.9. The normalized spacial score (nSPS) is 25.0. The summed E-state index contributed by atoms with van der Waals surface area (Å²) in [5.41, 5.74) is 0.130. The van der Waals surface area contributed by atoms with Gasteiger partial charge in [0.25, 0.3) is 0 Å². The summed E-state index contributed by atoms with van der Waals surface area (Å²) >= 11 is 0. The molecule has 2 aromatic carbocycles. The number of rotatable bonds is 4. The molecule has 0 radical (unpaired) electrons. The number of hydrogen-bond donors (Lipinski definition) is 1. The lowest BCUT2D eigenvalue weighted by Crippen LogP contribution is -2.49. The Bertz CT molecular complexity index is 992. The third-order valence-electron chi connectivity index (χ3n) is 5.49. The van der Waals surface area contributed by atoms with Crippen molar-refractivity contribution in [2.75, 3.05) is 13.2 Å². The minimum absolute atomic E-state index is 0.0197. The topological polar surface area (TPSA) is 64.6 Å². The third-order valence-corrected chi connectivity index (χ3v) is 7.02. The van der Waals surface area contributed by atoms with Gasteiger partial charge in [-0.3, -0.25) is 0 Å². The van der Waals surface area contributed by atoms with Crippen LogP contribution in [0.1, 0.15) is 24.8 Å². The second-order valence-electron chi connectivity index (χ2n) is 7.55. The van der Waals surface area contributed by atoms with Crippen molar-refractivity contribution in [3.05, 3.63) is 54.1 Å². The van der Waals surface area contributed by atoms with E-state index < -0.39 is 21.8 Å². The highest BCUT2D eigenvalue weighted by Crippen LogP contribution is 2.32. The number of nitrogens with one attached hydrogen (secondary N) is 1. The SMILES string of the molecule is O=S(=O)(N[C@@H]1CC[C@H]2OCCO[C@@H]2C1)c1ccc(-c2cccc(C(F)(F)F)c2)cc1. The van der Waals surface area contributed by atoms with Crippen LogP contribution in [0.25, 0.3) is 11.1 Å². The molecule has 9 heteroatoms. The molecular formula is C21H22F3NO4S. The minimum Gasteiger partial charge on any atom is -0.373 e. The molecule has 0 amide bonds. The summed E-state index contributed by atoms with van der Waals surface area (Å²) in [5.74, 6) is 0. The number of benzene rings is 2. The van der Waals surface area contributed by atoms with Crippen molar-refractivity contribution in [2.45, 2.75) is 48.6 Å². The minimum atomic E-state index is -4.44. The molecule has 4 rings (SSSR count). The van der Waals surface area contributed by atoms with Gasteiger partial charge < -0.3 is 9.47 Å². The average molecular weight is 441 g/mol. The van der Waals surface area contributed by atoms with Crippen LogP contribution in [0.2, 0.25) is 0 Å². The molecule has 1 aliphatic heterocycles. The lowest BCUT2D eigenvalue weighted by molar-refractivity contribution is -0.156. The number of fused-ring (bicyclic) bond motifs is 1. The van der Waals surface area contributed by atoms with Gasteiger partial charge in [0.15, 0.2) is 0 Å². The van der Waals surface area contributed by atoms with E-state index in [4.69, 9.17) is 9.47 Å². The molecule has 1 saturated heterocycles. The summed E-state index contributed by atoms with van der Waals surface area (Å²) in [6.07, 6.45) is -2.59. The van der Waals surface area contributed by atoms with Crippen molar-refractivity contribution in [1.82, 2.24) is 4.72 Å². The largest absolute Gasteiger partial charge is 0.416 e. The van der Waals surface area contributed by atoms with Crippen LogP contribution in [0.5, 0.6) is 0 Å². The Morgan fingerprint density at radius 3 is 2.30 bits per heavy atom. The van der Waals surface area contributed by atoms with Gasteiger partial charge in [-0.05, 0) is 54.7 Å². The van der Waals surface area contributed by atoms with Gasteiger partial charge >= 0.3 is 6.18 Å². The molecule has 1 N–H and O–H groups in total. The first-order chi connectivity index (χ1) is 14.2. The van der Waals surface area contributed by atoms with Crippen LogP contribution >= 0.6 is 0 Å². The van der Waals surface area contributed by atoms with Gasteiger partial charge in [-0.15, -0.1) is 0 Å². The molecule has 2 aliphatic rings. The predicted molar refractivity (Wildman–Crippen MR) is 104 cm³/mol. The zero-order chi connectivity index (χ0) is 21.4. The fraction of sp³-hybridized carbons (Fsp3) is 0.429. The van der Waals surface area contributed by atoms with E-state index >= 15 is 0 Å². The molecule has 0 spiro atoms. The maximum absolute atomic E-state index is 12.9. The molecular weight excluding hydrogens is 419 g/mol. The summed E-state index contributed by atoms with van der Waals surface area (Å²) in [6.45, 7) is 1.08. The number of alkyl halides is 3. The lowest BCUT2D eigenvalue weighted by Gasteiger charge is -2.38. The smallest absolute Gasteiger partial charge is 0.373 e. The van der Waals surface area contributed by atoms with Crippen molar-refractivity contribution in [3.8, 4) is 11.1 Å². The van der Waals surface area contributed by atoms with Crippen LogP contribution in [0, 0.1) is 0 Å². The number of hydrogen-bond acceptors (Lipinski definition) is 4. The summed E-state index contributed by atoms with van der Waals surface area (Å²) in [5, 5.41) is 0. The fourth-order valence-electron chi connectivity index (χ4n) is 3.96. The van der Waals surface area contributed by atoms with Gasteiger partial charge in [0.2, 0.25) is 10.0 Å². The van der Waals surface area contributed by atoms with Gasteiger partial charge in [-0.2, -0.15) is 13.2 Å². The molecule has 0 bridgehead atoms. The van der Waals surface area contributed by atoms with Crippen LogP contribution < -0.4 is 4.72 Å². The highest BCUT2D eigenvalue weighted by atomic mass is 32.2. The Balaban J connectivity index is 1.47. The molecule has 162 valence electrons. The van der Waals surface area contributed by atoms with Crippen molar-refractivity contribution in [3.63, 3.8) is 0 Å². The third kappa shape index (κ3) is 4.69. The Kier molecular flexibility index (Phi) is 5.89. The molecule has 2 aromatic rings. The summed E-state index contributed by atoms with van der Waals surface area (Å²) in [4.78, 5) is 0.0705. The van der Waals surface area contributed by atoms with E-state index in [1.54, 1.807) is 6.07 Å². The van der Waals surface area contributed by atoms with Crippen LogP contribution in [0.3, 0.4) is 0 Å². The van der Waals surface area contributed by atoms with Gasteiger partial charge in [0, 0.05) is 6.04 Å². The van der Waals surface area contributed by atoms with Gasteiger partial charge in [0.1, 0.15) is 0 Å². The van der Waals surface area contributed by atoms with E-state index in [9.17, 15) is 21.6 Å². The molecule has 30 heavy (non-hydrogen) atoms. The van der Waals surface area contributed by atoms with E-state index in [2.05, 4.69) is 4.72 Å². The highest BCUT2D eigenvalue weighted by Gasteiger charge is 2.36. The monoisotopic (exact) mass is 441 g/mol. The molecule has 5 nitrogen and oxygen atoms in total. The summed E-state index contributed by atoms with van der Waals surface area (Å²) < 4.78 is 78.4. The molecule has 1 heterocycles. The number of sulfonamides is 1. The van der Waals surface area contributed by atoms with Gasteiger partial charge in [0.05, 0.1) is 35.9 Å². The first-order valence-electron chi connectivity index (χ1n) is 9.76. The van der Waals surface area contributed by atoms with Gasteiger partial charge in [-0.1, -0.05) is 24.3 Å². The number of ether oxygens (including phenoxy) is 2. The Hall–Kier alpha value is -1.94. The second-order valence-corrected chi connectivity index (χ2v) is 9.27. The van der Waals surface area contributed by atoms with Crippen LogP contribution in [-0.4, -0.2) is 39.9 Å². The van der Waals surface area contributed by atoms with Gasteiger partial charge in [-0.25, -0.2) is 13.1 Å². The average Bonchev–Trinajstić information content (AvgIpc) is 2.73. The van der Waals surface area contributed by atoms with Crippen LogP contribution in [0.15, 0.2) is 53.4 Å².